The van der Waals surface area contributed by atoms with E-state index in [9.17, 15) is 9.59 Å². The molecular weight excluding hydrogens is 278 g/mol. The van der Waals surface area contributed by atoms with E-state index in [0.29, 0.717) is 22.8 Å². The van der Waals surface area contributed by atoms with Crippen LogP contribution in [0.15, 0.2) is 18.2 Å². The van der Waals surface area contributed by atoms with Crippen LogP contribution in [-0.4, -0.2) is 35.8 Å². The van der Waals surface area contributed by atoms with Crippen molar-refractivity contribution < 1.29 is 9.59 Å². The number of nitrogen functional groups attached to an aromatic ring is 1. The summed E-state index contributed by atoms with van der Waals surface area (Å²) in [5.74, 6) is -0.453. The Hall–Kier alpha value is -1.75. The molecule has 0 saturated carbocycles. The van der Waals surface area contributed by atoms with E-state index in [1.165, 1.54) is 4.90 Å². The minimum atomic E-state index is -0.263. The number of rotatable bonds is 5. The molecule has 1 aromatic carbocycles. The average Bonchev–Trinajstić information content (AvgIpc) is 2.33. The van der Waals surface area contributed by atoms with Gasteiger partial charge in [-0.3, -0.25) is 9.59 Å². The van der Waals surface area contributed by atoms with Gasteiger partial charge >= 0.3 is 0 Å². The lowest BCUT2D eigenvalue weighted by Gasteiger charge is -2.21. The Bertz CT molecular complexity index is 483. The van der Waals surface area contributed by atoms with Crippen LogP contribution in [0.1, 0.15) is 31.1 Å². The summed E-state index contributed by atoms with van der Waals surface area (Å²) in [5.41, 5.74) is 6.47. The highest BCUT2D eigenvalue weighted by Gasteiger charge is 2.18. The second-order valence-electron chi connectivity index (χ2n) is 4.81. The number of hydrogen-bond acceptors (Lipinski definition) is 3. The highest BCUT2D eigenvalue weighted by atomic mass is 35.5. The van der Waals surface area contributed by atoms with Gasteiger partial charge in [-0.25, -0.2) is 0 Å². The quantitative estimate of drug-likeness (QED) is 0.815. The van der Waals surface area contributed by atoms with Gasteiger partial charge in [0.15, 0.2) is 0 Å². The number of nitrogens with two attached hydrogens (primary N) is 1. The van der Waals surface area contributed by atoms with E-state index in [1.54, 1.807) is 18.2 Å². The third kappa shape index (κ3) is 4.74. The van der Waals surface area contributed by atoms with E-state index in [1.807, 2.05) is 20.8 Å². The Balaban J connectivity index is 2.83. The first-order valence-corrected chi connectivity index (χ1v) is 6.86. The Morgan fingerprint density at radius 1 is 1.35 bits per heavy atom. The molecule has 0 aliphatic carbocycles. The van der Waals surface area contributed by atoms with E-state index in [4.69, 9.17) is 17.3 Å². The number of likely N-dealkylation sites (N-methyl/N-ethyl adjacent to an activating group) is 1. The van der Waals surface area contributed by atoms with Crippen LogP contribution in [0.4, 0.5) is 5.69 Å². The number of halogens is 1. The predicted octanol–water partition coefficient (Wildman–Crippen LogP) is 1.91. The summed E-state index contributed by atoms with van der Waals surface area (Å²) < 4.78 is 0. The summed E-state index contributed by atoms with van der Waals surface area (Å²) in [5, 5.41) is 3.15. The molecule has 0 aliphatic rings. The van der Waals surface area contributed by atoms with Gasteiger partial charge in [0.25, 0.3) is 5.91 Å². The number of nitrogens with one attached hydrogen (secondary N) is 1. The van der Waals surface area contributed by atoms with E-state index >= 15 is 0 Å². The Kier molecular flexibility index (Phi) is 5.82. The van der Waals surface area contributed by atoms with Crippen molar-refractivity contribution in [2.45, 2.75) is 26.8 Å². The minimum Gasteiger partial charge on any atom is -0.399 e. The molecule has 0 radical (unpaired) electrons. The lowest BCUT2D eigenvalue weighted by atomic mass is 10.1. The van der Waals surface area contributed by atoms with Gasteiger partial charge in [0.2, 0.25) is 5.91 Å². The van der Waals surface area contributed by atoms with Gasteiger partial charge < -0.3 is 16.0 Å². The number of benzene rings is 1. The standard InChI is InChI=1S/C14H20ClN3O2/c1-4-18(8-13(19)17-9(2)3)14(20)10-5-11(15)7-12(16)6-10/h5-7,9H,4,8,16H2,1-3H3,(H,17,19). The molecule has 110 valence electrons. The Morgan fingerprint density at radius 3 is 2.50 bits per heavy atom. The first kappa shape index (κ1) is 16.3. The molecule has 0 aliphatic heterocycles. The Labute approximate surface area is 124 Å². The fourth-order valence-electron chi connectivity index (χ4n) is 1.79. The van der Waals surface area contributed by atoms with Gasteiger partial charge in [0.1, 0.15) is 0 Å². The van der Waals surface area contributed by atoms with Crippen molar-refractivity contribution in [2.75, 3.05) is 18.8 Å². The van der Waals surface area contributed by atoms with Crippen LogP contribution < -0.4 is 11.1 Å². The molecule has 0 saturated heterocycles. The Morgan fingerprint density at radius 2 is 2.00 bits per heavy atom. The topological polar surface area (TPSA) is 75.4 Å². The smallest absolute Gasteiger partial charge is 0.254 e. The predicted molar refractivity (Wildman–Crippen MR) is 80.7 cm³/mol. The molecule has 20 heavy (non-hydrogen) atoms. The van der Waals surface area contributed by atoms with Gasteiger partial charge in [-0.1, -0.05) is 11.6 Å². The molecule has 1 aromatic rings. The zero-order valence-electron chi connectivity index (χ0n) is 11.9. The van der Waals surface area contributed by atoms with Crippen LogP contribution in [0, 0.1) is 0 Å². The van der Waals surface area contributed by atoms with E-state index in [0.717, 1.165) is 0 Å². The van der Waals surface area contributed by atoms with E-state index in [-0.39, 0.29) is 24.4 Å². The number of nitrogens with zero attached hydrogens (tertiary/aromatic N) is 1. The lowest BCUT2D eigenvalue weighted by Crippen LogP contribution is -2.42. The van der Waals surface area contributed by atoms with Crippen molar-refractivity contribution in [3.63, 3.8) is 0 Å². The second-order valence-corrected chi connectivity index (χ2v) is 5.25. The monoisotopic (exact) mass is 297 g/mol. The molecule has 0 aromatic heterocycles. The lowest BCUT2D eigenvalue weighted by molar-refractivity contribution is -0.122. The molecule has 0 unspecified atom stereocenters. The summed E-state index contributed by atoms with van der Waals surface area (Å²) in [6.07, 6.45) is 0. The maximum Gasteiger partial charge on any atom is 0.254 e. The summed E-state index contributed by atoms with van der Waals surface area (Å²) >= 11 is 5.89. The van der Waals surface area contributed by atoms with Crippen LogP contribution in [0.5, 0.6) is 0 Å². The number of carbonyl (C=O) groups excluding carboxylic acids is 2. The molecule has 5 nitrogen and oxygen atoms in total. The second kappa shape index (κ2) is 7.14. The fourth-order valence-corrected chi connectivity index (χ4v) is 2.03. The van der Waals surface area contributed by atoms with Crippen LogP contribution >= 0.6 is 11.6 Å². The summed E-state index contributed by atoms with van der Waals surface area (Å²) in [7, 11) is 0. The number of hydrogen-bond donors (Lipinski definition) is 2. The molecule has 6 heteroatoms. The van der Waals surface area contributed by atoms with Gasteiger partial charge in [-0.2, -0.15) is 0 Å². The number of anilines is 1. The SMILES string of the molecule is CCN(CC(=O)NC(C)C)C(=O)c1cc(N)cc(Cl)c1. The molecule has 0 atom stereocenters. The number of carbonyl (C=O) groups is 2. The zero-order valence-corrected chi connectivity index (χ0v) is 12.7. The molecule has 0 bridgehead atoms. The third-order valence-corrected chi connectivity index (χ3v) is 2.84. The molecular formula is C14H20ClN3O2. The van der Waals surface area contributed by atoms with Crippen molar-refractivity contribution in [2.24, 2.45) is 0 Å². The van der Waals surface area contributed by atoms with Crippen molar-refractivity contribution in [1.82, 2.24) is 10.2 Å². The minimum absolute atomic E-state index is 0.0138. The third-order valence-electron chi connectivity index (χ3n) is 2.62. The summed E-state index contributed by atoms with van der Waals surface area (Å²) in [4.78, 5) is 25.5. The molecule has 0 fully saturated rings. The van der Waals surface area contributed by atoms with Crippen molar-refractivity contribution in [1.29, 1.82) is 0 Å². The fraction of sp³-hybridized carbons (Fsp3) is 0.429. The normalized spacial score (nSPS) is 10.4. The van der Waals surface area contributed by atoms with E-state index in [2.05, 4.69) is 5.32 Å². The van der Waals surface area contributed by atoms with Crippen molar-refractivity contribution in [3.05, 3.63) is 28.8 Å². The molecule has 0 spiro atoms. The van der Waals surface area contributed by atoms with Gasteiger partial charge in [-0.15, -0.1) is 0 Å². The van der Waals surface area contributed by atoms with E-state index < -0.39 is 0 Å². The average molecular weight is 298 g/mol. The van der Waals surface area contributed by atoms with Gasteiger partial charge in [-0.05, 0) is 39.0 Å². The maximum atomic E-state index is 12.3. The van der Waals surface area contributed by atoms with Crippen molar-refractivity contribution >= 4 is 29.1 Å². The largest absolute Gasteiger partial charge is 0.399 e. The van der Waals surface area contributed by atoms with Gasteiger partial charge in [0.05, 0.1) is 6.54 Å². The van der Waals surface area contributed by atoms with Gasteiger partial charge in [0, 0.05) is 28.9 Å². The maximum absolute atomic E-state index is 12.3. The highest BCUT2D eigenvalue weighted by molar-refractivity contribution is 6.31. The molecule has 3 N–H and O–H groups in total. The first-order valence-electron chi connectivity index (χ1n) is 6.48. The van der Waals surface area contributed by atoms with Crippen LogP contribution in [0.3, 0.4) is 0 Å². The summed E-state index contributed by atoms with van der Waals surface area (Å²) in [6.45, 7) is 5.99. The van der Waals surface area contributed by atoms with Crippen molar-refractivity contribution in [3.8, 4) is 0 Å². The highest BCUT2D eigenvalue weighted by Crippen LogP contribution is 2.18. The molecule has 0 heterocycles. The molecule has 2 amide bonds. The van der Waals surface area contributed by atoms with Crippen LogP contribution in [-0.2, 0) is 4.79 Å². The van der Waals surface area contributed by atoms with Crippen LogP contribution in [0.2, 0.25) is 5.02 Å². The number of amides is 2. The first-order chi connectivity index (χ1) is 9.33. The molecule has 1 rings (SSSR count). The summed E-state index contributed by atoms with van der Waals surface area (Å²) in [6, 6.07) is 4.71. The zero-order chi connectivity index (χ0) is 15.3. The van der Waals surface area contributed by atoms with Crippen LogP contribution in [0.25, 0.3) is 0 Å².